The van der Waals surface area contributed by atoms with Crippen molar-refractivity contribution in [1.82, 2.24) is 10.2 Å². The monoisotopic (exact) mass is 398 g/mol. The van der Waals surface area contributed by atoms with Gasteiger partial charge in [-0.1, -0.05) is 12.1 Å². The summed E-state index contributed by atoms with van der Waals surface area (Å²) in [5.41, 5.74) is 2.53. The number of nitrogens with one attached hydrogen (secondary N) is 1. The first-order valence-corrected chi connectivity index (χ1v) is 9.67. The predicted molar refractivity (Wildman–Crippen MR) is 107 cm³/mol. The van der Waals surface area contributed by atoms with Gasteiger partial charge in [-0.05, 0) is 42.8 Å². The van der Waals surface area contributed by atoms with Gasteiger partial charge in [-0.25, -0.2) is 4.39 Å². The number of anilines is 1. The van der Waals surface area contributed by atoms with Crippen LogP contribution in [-0.4, -0.2) is 48.5 Å². The number of carbonyl (C=O) groups excluding carboxylic acids is 1. The van der Waals surface area contributed by atoms with Gasteiger partial charge in [0.15, 0.2) is 0 Å². The number of hydrogen-bond acceptors (Lipinski definition) is 5. The molecule has 8 heteroatoms. The molecule has 1 saturated heterocycles. The van der Waals surface area contributed by atoms with Gasteiger partial charge in [0.2, 0.25) is 5.91 Å². The van der Waals surface area contributed by atoms with E-state index in [0.29, 0.717) is 12.0 Å². The lowest BCUT2D eigenvalue weighted by molar-refractivity contribution is -0.384. The van der Waals surface area contributed by atoms with Crippen molar-refractivity contribution < 1.29 is 14.1 Å². The average Bonchev–Trinajstić information content (AvgIpc) is 2.70. The van der Waals surface area contributed by atoms with Crippen LogP contribution in [0.2, 0.25) is 0 Å². The quantitative estimate of drug-likeness (QED) is 0.632. The smallest absolute Gasteiger partial charge is 0.269 e. The van der Waals surface area contributed by atoms with Crippen molar-refractivity contribution >= 4 is 17.3 Å². The molecule has 7 nitrogen and oxygen atoms in total. The molecular weight excluding hydrogens is 375 g/mol. The van der Waals surface area contributed by atoms with Gasteiger partial charge < -0.3 is 15.1 Å². The van der Waals surface area contributed by atoms with Crippen molar-refractivity contribution in [2.24, 2.45) is 5.92 Å². The molecule has 2 atom stereocenters. The molecule has 0 saturated carbocycles. The van der Waals surface area contributed by atoms with Crippen LogP contribution in [-0.2, 0) is 17.8 Å². The normalized spacial score (nSPS) is 21.2. The summed E-state index contributed by atoms with van der Waals surface area (Å²) in [5.74, 6) is -0.784. The largest absolute Gasteiger partial charge is 0.365 e. The highest BCUT2D eigenvalue weighted by atomic mass is 19.1. The fourth-order valence-corrected chi connectivity index (χ4v) is 4.33. The molecule has 2 aliphatic rings. The van der Waals surface area contributed by atoms with E-state index >= 15 is 0 Å². The first-order valence-electron chi connectivity index (χ1n) is 9.67. The number of hydrogen-bond donors (Lipinski definition) is 1. The third kappa shape index (κ3) is 3.93. The second-order valence-electron chi connectivity index (χ2n) is 7.75. The molecule has 2 heterocycles. The van der Waals surface area contributed by atoms with E-state index < -0.39 is 4.92 Å². The van der Waals surface area contributed by atoms with Gasteiger partial charge in [-0.2, -0.15) is 0 Å². The van der Waals surface area contributed by atoms with Crippen molar-refractivity contribution in [2.45, 2.75) is 19.0 Å². The highest BCUT2D eigenvalue weighted by Gasteiger charge is 2.41. The Bertz CT molecular complexity index is 951. The van der Waals surface area contributed by atoms with Crippen LogP contribution in [0.25, 0.3) is 0 Å². The van der Waals surface area contributed by atoms with Crippen molar-refractivity contribution in [2.75, 3.05) is 31.6 Å². The fourth-order valence-electron chi connectivity index (χ4n) is 4.33. The standard InChI is InChI=1S/C21H23FN4O3/c1-24-7-8-25-19-6-5-17(26(28)29)10-15(19)11-18(20(25)13-24)21(27)23-12-14-3-2-4-16(22)9-14/h2-6,9-10,18,20H,7-8,11-13H2,1H3,(H,23,27). The minimum Gasteiger partial charge on any atom is -0.365 e. The van der Waals surface area contributed by atoms with E-state index in [0.717, 1.165) is 30.9 Å². The molecule has 2 unspecified atom stereocenters. The first-order chi connectivity index (χ1) is 13.9. The molecule has 0 spiro atoms. The third-order valence-electron chi connectivity index (χ3n) is 5.80. The molecule has 2 aromatic carbocycles. The summed E-state index contributed by atoms with van der Waals surface area (Å²) < 4.78 is 13.4. The zero-order chi connectivity index (χ0) is 20.5. The minimum atomic E-state index is -0.407. The number of non-ortho nitro benzene ring substituents is 1. The van der Waals surface area contributed by atoms with E-state index in [4.69, 9.17) is 0 Å². The Morgan fingerprint density at radius 3 is 2.86 bits per heavy atom. The van der Waals surface area contributed by atoms with Crippen LogP contribution in [0.15, 0.2) is 42.5 Å². The van der Waals surface area contributed by atoms with Gasteiger partial charge in [0, 0.05) is 44.0 Å². The van der Waals surface area contributed by atoms with Crippen LogP contribution in [0.3, 0.4) is 0 Å². The van der Waals surface area contributed by atoms with Crippen LogP contribution in [0, 0.1) is 21.8 Å². The third-order valence-corrected chi connectivity index (χ3v) is 5.80. The van der Waals surface area contributed by atoms with Crippen molar-refractivity contribution in [3.63, 3.8) is 0 Å². The van der Waals surface area contributed by atoms with Crippen LogP contribution < -0.4 is 10.2 Å². The topological polar surface area (TPSA) is 78.7 Å². The Morgan fingerprint density at radius 1 is 1.28 bits per heavy atom. The van der Waals surface area contributed by atoms with Crippen LogP contribution in [0.5, 0.6) is 0 Å². The second kappa shape index (κ2) is 7.79. The van der Waals surface area contributed by atoms with Gasteiger partial charge in [0.1, 0.15) is 5.82 Å². The summed E-state index contributed by atoms with van der Waals surface area (Å²) in [6.07, 6.45) is 0.445. The molecule has 29 heavy (non-hydrogen) atoms. The zero-order valence-electron chi connectivity index (χ0n) is 16.2. The molecule has 4 rings (SSSR count). The zero-order valence-corrected chi connectivity index (χ0v) is 16.2. The summed E-state index contributed by atoms with van der Waals surface area (Å²) in [6.45, 7) is 2.62. The van der Waals surface area contributed by atoms with E-state index in [9.17, 15) is 19.3 Å². The summed E-state index contributed by atoms with van der Waals surface area (Å²) >= 11 is 0. The van der Waals surface area contributed by atoms with Crippen LogP contribution >= 0.6 is 0 Å². The van der Waals surface area contributed by atoms with E-state index in [1.807, 2.05) is 7.05 Å². The molecule has 1 N–H and O–H groups in total. The number of rotatable bonds is 4. The van der Waals surface area contributed by atoms with Gasteiger partial charge in [0.05, 0.1) is 16.9 Å². The fraction of sp³-hybridized carbons (Fsp3) is 0.381. The minimum absolute atomic E-state index is 0.00443. The molecule has 0 radical (unpaired) electrons. The second-order valence-corrected chi connectivity index (χ2v) is 7.75. The number of amides is 1. The van der Waals surface area contributed by atoms with Gasteiger partial charge in [-0.3, -0.25) is 14.9 Å². The first kappa shape index (κ1) is 19.3. The summed E-state index contributed by atoms with van der Waals surface area (Å²) in [7, 11) is 2.03. The number of nitro groups is 1. The molecule has 1 amide bonds. The molecule has 152 valence electrons. The molecule has 0 aliphatic carbocycles. The lowest BCUT2D eigenvalue weighted by atomic mass is 9.83. The maximum Gasteiger partial charge on any atom is 0.269 e. The van der Waals surface area contributed by atoms with Crippen molar-refractivity contribution in [3.8, 4) is 0 Å². The Morgan fingerprint density at radius 2 is 2.10 bits per heavy atom. The summed E-state index contributed by atoms with van der Waals surface area (Å²) in [4.78, 5) is 28.2. The number of piperazine rings is 1. The van der Waals surface area contributed by atoms with Crippen LogP contribution in [0.1, 0.15) is 11.1 Å². The predicted octanol–water partition coefficient (Wildman–Crippen LogP) is 2.34. The average molecular weight is 398 g/mol. The van der Waals surface area contributed by atoms with E-state index in [1.54, 1.807) is 24.3 Å². The number of fused-ring (bicyclic) bond motifs is 3. The van der Waals surface area contributed by atoms with Gasteiger partial charge in [-0.15, -0.1) is 0 Å². The Kier molecular flexibility index (Phi) is 5.19. The van der Waals surface area contributed by atoms with Crippen LogP contribution in [0.4, 0.5) is 15.8 Å². The molecule has 2 aliphatic heterocycles. The molecule has 1 fully saturated rings. The molecular formula is C21H23FN4O3. The highest BCUT2D eigenvalue weighted by molar-refractivity contribution is 5.82. The maximum atomic E-state index is 13.4. The molecule has 0 bridgehead atoms. The molecule has 2 aromatic rings. The lowest BCUT2D eigenvalue weighted by Gasteiger charge is -2.48. The number of nitro benzene ring substituents is 1. The summed E-state index contributed by atoms with van der Waals surface area (Å²) in [6, 6.07) is 11.1. The van der Waals surface area contributed by atoms with Crippen molar-refractivity contribution in [3.05, 3.63) is 69.5 Å². The van der Waals surface area contributed by atoms with Gasteiger partial charge in [0.25, 0.3) is 5.69 Å². The van der Waals surface area contributed by atoms with E-state index in [2.05, 4.69) is 15.1 Å². The molecule has 0 aromatic heterocycles. The number of nitrogens with zero attached hydrogens (tertiary/aromatic N) is 3. The summed E-state index contributed by atoms with van der Waals surface area (Å²) in [5, 5.41) is 14.1. The maximum absolute atomic E-state index is 13.4. The van der Waals surface area contributed by atoms with E-state index in [-0.39, 0.29) is 35.9 Å². The highest BCUT2D eigenvalue weighted by Crippen LogP contribution is 2.37. The number of likely N-dealkylation sites (N-methyl/N-ethyl adjacent to an activating group) is 1. The number of halogens is 1. The van der Waals surface area contributed by atoms with E-state index in [1.165, 1.54) is 18.2 Å². The Balaban J connectivity index is 1.58. The Hall–Kier alpha value is -3.00. The SMILES string of the molecule is CN1CCN2c3ccc([N+](=O)[O-])cc3CC(C(=O)NCc3cccc(F)c3)C2C1. The Labute approximate surface area is 168 Å². The van der Waals surface area contributed by atoms with Gasteiger partial charge >= 0.3 is 0 Å². The number of carbonyl (C=O) groups is 1. The van der Waals surface area contributed by atoms with Crippen molar-refractivity contribution in [1.29, 1.82) is 0 Å². The number of benzene rings is 2. The lowest BCUT2D eigenvalue weighted by Crippen LogP contribution is -2.60.